The summed E-state index contributed by atoms with van der Waals surface area (Å²) < 4.78 is 5.25. The van der Waals surface area contributed by atoms with Gasteiger partial charge in [0.2, 0.25) is 0 Å². The molecule has 0 atom stereocenters. The van der Waals surface area contributed by atoms with Gasteiger partial charge >= 0.3 is 0 Å². The molecule has 1 aromatic carbocycles. The average molecular weight is 180 g/mol. The number of allylic oxidation sites excluding steroid dienone is 1. The fourth-order valence-electron chi connectivity index (χ4n) is 0.799. The molecule has 0 N–H and O–H groups in total. The molecule has 0 spiro atoms. The lowest BCUT2D eigenvalue weighted by atomic mass is 10.2. The van der Waals surface area contributed by atoms with Gasteiger partial charge in [0.05, 0.1) is 5.76 Å². The van der Waals surface area contributed by atoms with Crippen molar-refractivity contribution >= 4 is 12.6 Å². The van der Waals surface area contributed by atoms with Crippen LogP contribution in [-0.4, -0.2) is 0 Å². The first kappa shape index (κ1) is 9.20. The van der Waals surface area contributed by atoms with Crippen LogP contribution >= 0.6 is 12.6 Å². The van der Waals surface area contributed by atoms with E-state index in [4.69, 9.17) is 4.74 Å². The molecule has 1 aromatic rings. The Morgan fingerprint density at radius 3 is 2.50 bits per heavy atom. The Bertz CT molecular complexity index is 264. The van der Waals surface area contributed by atoms with Crippen molar-refractivity contribution in [3.8, 4) is 0 Å². The molecule has 1 nitrogen and oxygen atoms in total. The molecule has 0 fully saturated rings. The lowest BCUT2D eigenvalue weighted by Gasteiger charge is -2.04. The SMILES string of the molecule is C=C(C)OCc1ccc(S)cc1. The minimum Gasteiger partial charge on any atom is -0.494 e. The maximum absolute atomic E-state index is 5.25. The van der Waals surface area contributed by atoms with E-state index in [0.29, 0.717) is 6.61 Å². The zero-order valence-corrected chi connectivity index (χ0v) is 7.97. The quantitative estimate of drug-likeness (QED) is 0.555. The van der Waals surface area contributed by atoms with Gasteiger partial charge in [-0.25, -0.2) is 0 Å². The Hall–Kier alpha value is -0.890. The van der Waals surface area contributed by atoms with E-state index in [-0.39, 0.29) is 0 Å². The lowest BCUT2D eigenvalue weighted by molar-refractivity contribution is 0.202. The molecule has 0 aliphatic heterocycles. The summed E-state index contributed by atoms with van der Waals surface area (Å²) in [5.41, 5.74) is 1.14. The van der Waals surface area contributed by atoms with Crippen LogP contribution in [0.15, 0.2) is 41.5 Å². The van der Waals surface area contributed by atoms with Crippen LogP contribution in [0.25, 0.3) is 0 Å². The molecular formula is C10H12OS. The molecule has 64 valence electrons. The van der Waals surface area contributed by atoms with Crippen LogP contribution < -0.4 is 0 Å². The topological polar surface area (TPSA) is 9.23 Å². The molecule has 0 radical (unpaired) electrons. The summed E-state index contributed by atoms with van der Waals surface area (Å²) in [6.07, 6.45) is 0. The molecular weight excluding hydrogens is 168 g/mol. The largest absolute Gasteiger partial charge is 0.494 e. The zero-order chi connectivity index (χ0) is 8.97. The summed E-state index contributed by atoms with van der Waals surface area (Å²) in [5, 5.41) is 0. The number of hydrogen-bond donors (Lipinski definition) is 1. The first-order valence-electron chi connectivity index (χ1n) is 3.74. The highest BCUT2D eigenvalue weighted by molar-refractivity contribution is 7.80. The van der Waals surface area contributed by atoms with Gasteiger partial charge in [0.1, 0.15) is 6.61 Å². The third kappa shape index (κ3) is 3.01. The summed E-state index contributed by atoms with van der Waals surface area (Å²) in [4.78, 5) is 0.967. The number of rotatable bonds is 3. The van der Waals surface area contributed by atoms with Crippen LogP contribution in [0.4, 0.5) is 0 Å². The highest BCUT2D eigenvalue weighted by Gasteiger charge is 1.92. The minimum absolute atomic E-state index is 0.587. The van der Waals surface area contributed by atoms with Gasteiger partial charge in [0.25, 0.3) is 0 Å². The van der Waals surface area contributed by atoms with Crippen molar-refractivity contribution in [2.75, 3.05) is 0 Å². The van der Waals surface area contributed by atoms with Gasteiger partial charge in [-0.05, 0) is 24.6 Å². The fourth-order valence-corrected chi connectivity index (χ4v) is 0.948. The highest BCUT2D eigenvalue weighted by Crippen LogP contribution is 2.09. The van der Waals surface area contributed by atoms with Gasteiger partial charge < -0.3 is 4.74 Å². The third-order valence-electron chi connectivity index (χ3n) is 1.42. The molecule has 0 aliphatic rings. The number of thiol groups is 1. The van der Waals surface area contributed by atoms with E-state index in [1.54, 1.807) is 0 Å². The second kappa shape index (κ2) is 4.21. The fraction of sp³-hybridized carbons (Fsp3) is 0.200. The Kier molecular flexibility index (Phi) is 3.23. The average Bonchev–Trinajstić information content (AvgIpc) is 2.03. The van der Waals surface area contributed by atoms with Gasteiger partial charge in [-0.1, -0.05) is 18.7 Å². The molecule has 0 aromatic heterocycles. The molecule has 0 bridgehead atoms. The van der Waals surface area contributed by atoms with Crippen LogP contribution in [0.5, 0.6) is 0 Å². The smallest absolute Gasteiger partial charge is 0.113 e. The summed E-state index contributed by atoms with van der Waals surface area (Å²) in [5.74, 6) is 0.741. The van der Waals surface area contributed by atoms with Crippen LogP contribution in [-0.2, 0) is 11.3 Å². The zero-order valence-electron chi connectivity index (χ0n) is 7.08. The standard InChI is InChI=1S/C10H12OS/c1-8(2)11-7-9-3-5-10(12)6-4-9/h3-6,12H,1,7H2,2H3. The van der Waals surface area contributed by atoms with Crippen molar-refractivity contribution in [3.63, 3.8) is 0 Å². The van der Waals surface area contributed by atoms with Gasteiger partial charge in [0, 0.05) is 4.90 Å². The molecule has 0 unspecified atom stereocenters. The molecule has 12 heavy (non-hydrogen) atoms. The van der Waals surface area contributed by atoms with Crippen molar-refractivity contribution in [3.05, 3.63) is 42.2 Å². The van der Waals surface area contributed by atoms with E-state index in [9.17, 15) is 0 Å². The van der Waals surface area contributed by atoms with E-state index in [2.05, 4.69) is 19.2 Å². The predicted octanol–water partition coefficient (Wildman–Crippen LogP) is 3.03. The van der Waals surface area contributed by atoms with E-state index in [1.807, 2.05) is 31.2 Å². The van der Waals surface area contributed by atoms with E-state index in [0.717, 1.165) is 16.2 Å². The van der Waals surface area contributed by atoms with E-state index in [1.165, 1.54) is 0 Å². The van der Waals surface area contributed by atoms with Crippen LogP contribution in [0, 0.1) is 0 Å². The van der Waals surface area contributed by atoms with Crippen LogP contribution in [0.2, 0.25) is 0 Å². The van der Waals surface area contributed by atoms with Crippen molar-refractivity contribution in [2.45, 2.75) is 18.4 Å². The minimum atomic E-state index is 0.587. The third-order valence-corrected chi connectivity index (χ3v) is 1.72. The first-order chi connectivity index (χ1) is 5.68. The second-order valence-electron chi connectivity index (χ2n) is 2.66. The monoisotopic (exact) mass is 180 g/mol. The molecule has 0 aliphatic carbocycles. The van der Waals surface area contributed by atoms with Crippen molar-refractivity contribution in [1.82, 2.24) is 0 Å². The normalized spacial score (nSPS) is 9.50. The van der Waals surface area contributed by atoms with Crippen LogP contribution in [0.3, 0.4) is 0 Å². The lowest BCUT2D eigenvalue weighted by Crippen LogP contribution is -1.88. The Balaban J connectivity index is 2.53. The second-order valence-corrected chi connectivity index (χ2v) is 3.17. The molecule has 0 saturated carbocycles. The highest BCUT2D eigenvalue weighted by atomic mass is 32.1. The number of benzene rings is 1. The summed E-state index contributed by atoms with van der Waals surface area (Å²) in [6, 6.07) is 7.87. The molecule has 2 heteroatoms. The molecule has 0 saturated heterocycles. The van der Waals surface area contributed by atoms with E-state index < -0.39 is 0 Å². The maximum atomic E-state index is 5.25. The Morgan fingerprint density at radius 2 is 2.00 bits per heavy atom. The summed E-state index contributed by atoms with van der Waals surface area (Å²) >= 11 is 4.18. The van der Waals surface area contributed by atoms with E-state index >= 15 is 0 Å². The molecule has 1 rings (SSSR count). The molecule has 0 amide bonds. The Morgan fingerprint density at radius 1 is 1.42 bits per heavy atom. The van der Waals surface area contributed by atoms with Crippen molar-refractivity contribution in [1.29, 1.82) is 0 Å². The van der Waals surface area contributed by atoms with Gasteiger partial charge in [-0.2, -0.15) is 0 Å². The maximum Gasteiger partial charge on any atom is 0.113 e. The van der Waals surface area contributed by atoms with Gasteiger partial charge in [-0.3, -0.25) is 0 Å². The summed E-state index contributed by atoms with van der Waals surface area (Å²) in [6.45, 7) is 6.08. The number of ether oxygens (including phenoxy) is 1. The first-order valence-corrected chi connectivity index (χ1v) is 4.19. The van der Waals surface area contributed by atoms with Gasteiger partial charge in [-0.15, -0.1) is 12.6 Å². The van der Waals surface area contributed by atoms with Crippen molar-refractivity contribution in [2.24, 2.45) is 0 Å². The number of hydrogen-bond acceptors (Lipinski definition) is 2. The van der Waals surface area contributed by atoms with Gasteiger partial charge in [0.15, 0.2) is 0 Å². The summed E-state index contributed by atoms with van der Waals surface area (Å²) in [7, 11) is 0. The van der Waals surface area contributed by atoms with Crippen molar-refractivity contribution < 1.29 is 4.74 Å². The van der Waals surface area contributed by atoms with Crippen LogP contribution in [0.1, 0.15) is 12.5 Å². The Labute approximate surface area is 78.5 Å². The predicted molar refractivity (Wildman–Crippen MR) is 53.3 cm³/mol. The molecule has 0 heterocycles.